The van der Waals surface area contributed by atoms with Gasteiger partial charge in [0.15, 0.2) is 6.19 Å². The van der Waals surface area contributed by atoms with Gasteiger partial charge in [0.25, 0.3) is 5.91 Å². The molecule has 1 aromatic carbocycles. The topological polar surface area (TPSA) is 73.2 Å². The average Bonchev–Trinajstić information content (AvgIpc) is 2.56. The maximum atomic E-state index is 12.5. The van der Waals surface area contributed by atoms with Gasteiger partial charge in [-0.1, -0.05) is 36.0 Å². The molecule has 0 aliphatic heterocycles. The molecule has 0 bridgehead atoms. The number of carbonyl (C=O) groups excluding carboxylic acids is 2. The Morgan fingerprint density at radius 1 is 1.33 bits per heavy atom. The van der Waals surface area contributed by atoms with Gasteiger partial charge in [0, 0.05) is 17.6 Å². The predicted octanol–water partition coefficient (Wildman–Crippen LogP) is 3.61. The molecular formula is C17H19Cl2N3O2. The summed E-state index contributed by atoms with van der Waals surface area (Å²) in [6, 6.07) is 4.37. The van der Waals surface area contributed by atoms with Crippen LogP contribution in [0.5, 0.6) is 0 Å². The molecule has 1 aromatic rings. The van der Waals surface area contributed by atoms with Crippen LogP contribution in [-0.4, -0.2) is 29.3 Å². The molecular weight excluding hydrogens is 349 g/mol. The molecule has 2 atom stereocenters. The van der Waals surface area contributed by atoms with E-state index in [1.807, 2.05) is 6.19 Å². The van der Waals surface area contributed by atoms with Crippen LogP contribution < -0.4 is 5.32 Å². The van der Waals surface area contributed by atoms with Gasteiger partial charge in [0.2, 0.25) is 5.91 Å². The molecule has 1 saturated carbocycles. The van der Waals surface area contributed by atoms with Gasteiger partial charge in [-0.05, 0) is 38.0 Å². The summed E-state index contributed by atoms with van der Waals surface area (Å²) in [6.07, 6.45) is 5.12. The van der Waals surface area contributed by atoms with E-state index in [-0.39, 0.29) is 28.8 Å². The number of hydrogen-bond acceptors (Lipinski definition) is 3. The number of halogens is 2. The van der Waals surface area contributed by atoms with E-state index in [1.165, 1.54) is 6.07 Å². The Hall–Kier alpha value is -1.77. The Bertz CT molecular complexity index is 672. The molecule has 128 valence electrons. The van der Waals surface area contributed by atoms with Crippen LogP contribution in [0.2, 0.25) is 10.0 Å². The predicted molar refractivity (Wildman–Crippen MR) is 92.7 cm³/mol. The van der Waals surface area contributed by atoms with Crippen LogP contribution in [0.1, 0.15) is 43.0 Å². The minimum Gasteiger partial charge on any atom is -0.348 e. The first-order chi connectivity index (χ1) is 11.5. The van der Waals surface area contributed by atoms with Gasteiger partial charge in [-0.15, -0.1) is 0 Å². The van der Waals surface area contributed by atoms with Crippen LogP contribution in [-0.2, 0) is 4.79 Å². The molecule has 0 saturated heterocycles. The van der Waals surface area contributed by atoms with Gasteiger partial charge in [-0.25, -0.2) is 4.90 Å². The van der Waals surface area contributed by atoms with E-state index < -0.39 is 0 Å². The van der Waals surface area contributed by atoms with Crippen LogP contribution in [0.25, 0.3) is 0 Å². The Labute approximate surface area is 151 Å². The summed E-state index contributed by atoms with van der Waals surface area (Å²) < 4.78 is 0. The van der Waals surface area contributed by atoms with Gasteiger partial charge < -0.3 is 5.32 Å². The Balaban J connectivity index is 2.14. The number of hydrogen-bond donors (Lipinski definition) is 1. The molecule has 1 aliphatic rings. The Morgan fingerprint density at radius 2 is 2.04 bits per heavy atom. The Morgan fingerprint density at radius 3 is 2.67 bits per heavy atom. The summed E-state index contributed by atoms with van der Waals surface area (Å²) in [7, 11) is 0. The van der Waals surface area contributed by atoms with Crippen LogP contribution in [0.15, 0.2) is 18.2 Å². The zero-order valence-corrected chi connectivity index (χ0v) is 14.9. The van der Waals surface area contributed by atoms with Crippen molar-refractivity contribution in [2.45, 2.75) is 38.6 Å². The van der Waals surface area contributed by atoms with E-state index in [0.717, 1.165) is 17.7 Å². The smallest absolute Gasteiger partial charge is 0.253 e. The molecule has 1 fully saturated rings. The highest BCUT2D eigenvalue weighted by molar-refractivity contribution is 6.36. The van der Waals surface area contributed by atoms with Gasteiger partial charge >= 0.3 is 0 Å². The summed E-state index contributed by atoms with van der Waals surface area (Å²) in [5.74, 6) is -0.943. The first-order valence-electron chi connectivity index (χ1n) is 7.95. The van der Waals surface area contributed by atoms with E-state index in [9.17, 15) is 9.59 Å². The second-order valence-corrected chi connectivity index (χ2v) is 6.62. The monoisotopic (exact) mass is 367 g/mol. The van der Waals surface area contributed by atoms with Crippen LogP contribution >= 0.6 is 23.2 Å². The van der Waals surface area contributed by atoms with Crippen LogP contribution in [0.4, 0.5) is 0 Å². The molecule has 1 N–H and O–H groups in total. The molecule has 1 aliphatic carbocycles. The number of rotatable bonds is 4. The van der Waals surface area contributed by atoms with Crippen molar-refractivity contribution < 1.29 is 9.59 Å². The third-order valence-corrected chi connectivity index (χ3v) is 4.83. The minimum absolute atomic E-state index is 0.229. The quantitative estimate of drug-likeness (QED) is 0.652. The molecule has 0 heterocycles. The fraction of sp³-hybridized carbons (Fsp3) is 0.471. The number of carbonyl (C=O) groups is 2. The second kappa shape index (κ2) is 8.36. The number of nitrogens with one attached hydrogen (secondary N) is 1. The van der Waals surface area contributed by atoms with Gasteiger partial charge in [-0.2, -0.15) is 5.26 Å². The molecule has 2 rings (SSSR count). The van der Waals surface area contributed by atoms with E-state index >= 15 is 0 Å². The largest absolute Gasteiger partial charge is 0.348 e. The molecule has 2 unspecified atom stereocenters. The normalized spacial score (nSPS) is 20.1. The lowest BCUT2D eigenvalue weighted by atomic mass is 9.83. The second-order valence-electron chi connectivity index (χ2n) is 5.78. The zero-order valence-electron chi connectivity index (χ0n) is 13.4. The van der Waals surface area contributed by atoms with Gasteiger partial charge in [0.1, 0.15) is 0 Å². The van der Waals surface area contributed by atoms with Crippen molar-refractivity contribution in [3.05, 3.63) is 33.8 Å². The highest BCUT2D eigenvalue weighted by atomic mass is 35.5. The third-order valence-electron chi connectivity index (χ3n) is 4.28. The van der Waals surface area contributed by atoms with Crippen molar-refractivity contribution in [1.29, 1.82) is 5.26 Å². The summed E-state index contributed by atoms with van der Waals surface area (Å²) in [6.45, 7) is 2.08. The van der Waals surface area contributed by atoms with Gasteiger partial charge in [-0.3, -0.25) is 9.59 Å². The fourth-order valence-electron chi connectivity index (χ4n) is 2.99. The maximum absolute atomic E-state index is 12.5. The van der Waals surface area contributed by atoms with E-state index in [0.29, 0.717) is 30.0 Å². The number of nitriles is 1. The minimum atomic E-state index is -0.381. The molecule has 0 aromatic heterocycles. The number of nitrogens with zero attached hydrogens (tertiary/aromatic N) is 2. The van der Waals surface area contributed by atoms with E-state index in [4.69, 9.17) is 28.5 Å². The maximum Gasteiger partial charge on any atom is 0.253 e. The lowest BCUT2D eigenvalue weighted by Crippen LogP contribution is -2.48. The van der Waals surface area contributed by atoms with Gasteiger partial charge in [0.05, 0.1) is 16.5 Å². The van der Waals surface area contributed by atoms with E-state index in [1.54, 1.807) is 19.1 Å². The van der Waals surface area contributed by atoms with Crippen molar-refractivity contribution in [1.82, 2.24) is 10.2 Å². The number of amides is 2. The fourth-order valence-corrected chi connectivity index (χ4v) is 3.49. The molecule has 24 heavy (non-hydrogen) atoms. The van der Waals surface area contributed by atoms with Crippen molar-refractivity contribution in [2.75, 3.05) is 6.54 Å². The molecule has 5 nitrogen and oxygen atoms in total. The highest BCUT2D eigenvalue weighted by Gasteiger charge is 2.34. The van der Waals surface area contributed by atoms with Crippen molar-refractivity contribution in [3.63, 3.8) is 0 Å². The highest BCUT2D eigenvalue weighted by Crippen LogP contribution is 2.27. The Kier molecular flexibility index (Phi) is 6.47. The van der Waals surface area contributed by atoms with Crippen molar-refractivity contribution in [2.24, 2.45) is 5.92 Å². The standard InChI is InChI=1S/C17H19Cl2N3O2/c1-2-22(10-20)17(24)13-5-3-4-6-15(13)21-16(23)12-8-7-11(18)9-14(12)19/h7-9,13,15H,2-6H2,1H3,(H,21,23). The SMILES string of the molecule is CCN(C#N)C(=O)C1CCCCC1NC(=O)c1ccc(Cl)cc1Cl. The summed E-state index contributed by atoms with van der Waals surface area (Å²) in [5, 5.41) is 12.7. The molecule has 0 radical (unpaired) electrons. The third kappa shape index (κ3) is 4.19. The van der Waals surface area contributed by atoms with Crippen molar-refractivity contribution in [3.8, 4) is 6.19 Å². The average molecular weight is 368 g/mol. The van der Waals surface area contributed by atoms with Crippen LogP contribution in [0, 0.1) is 17.4 Å². The summed E-state index contributed by atoms with van der Waals surface area (Å²) in [5.41, 5.74) is 0.325. The lowest BCUT2D eigenvalue weighted by Gasteiger charge is -2.32. The molecule has 0 spiro atoms. The molecule has 7 heteroatoms. The van der Waals surface area contributed by atoms with E-state index in [2.05, 4.69) is 5.32 Å². The zero-order chi connectivity index (χ0) is 17.7. The van der Waals surface area contributed by atoms with Crippen LogP contribution in [0.3, 0.4) is 0 Å². The lowest BCUT2D eigenvalue weighted by molar-refractivity contribution is -0.134. The summed E-state index contributed by atoms with van der Waals surface area (Å²) >= 11 is 11.9. The first kappa shape index (κ1) is 18.6. The van der Waals surface area contributed by atoms with Crippen molar-refractivity contribution >= 4 is 35.0 Å². The first-order valence-corrected chi connectivity index (χ1v) is 8.70. The number of benzene rings is 1. The molecule has 2 amide bonds. The summed E-state index contributed by atoms with van der Waals surface area (Å²) in [4.78, 5) is 26.1.